The third-order valence-corrected chi connectivity index (χ3v) is 4.35. The first-order valence-corrected chi connectivity index (χ1v) is 9.50. The molecule has 1 unspecified atom stereocenters. The van der Waals surface area contributed by atoms with Crippen LogP contribution < -0.4 is 19.6 Å². The summed E-state index contributed by atoms with van der Waals surface area (Å²) in [4.78, 5) is 12.6. The van der Waals surface area contributed by atoms with Gasteiger partial charge in [0.15, 0.2) is 16.9 Å². The van der Waals surface area contributed by atoms with Crippen molar-refractivity contribution < 1.29 is 33.9 Å². The number of hydrogen-bond acceptors (Lipinski definition) is 8. The molecular weight excluding hydrogens is 392 g/mol. The maximum atomic E-state index is 12.6. The Labute approximate surface area is 172 Å². The molecule has 8 heteroatoms. The fraction of sp³-hybridized carbons (Fsp3) is 0.318. The highest BCUT2D eigenvalue weighted by atomic mass is 16.5. The fourth-order valence-corrected chi connectivity index (χ4v) is 2.87. The second kappa shape index (κ2) is 9.51. The van der Waals surface area contributed by atoms with E-state index in [-0.39, 0.29) is 34.8 Å². The molecule has 1 aromatic heterocycles. The molecule has 8 nitrogen and oxygen atoms in total. The van der Waals surface area contributed by atoms with Crippen LogP contribution in [0.3, 0.4) is 0 Å². The SMILES string of the molecule is CCCOc1cc(-c2cc(=O)c3c(O)cc(OCC(O)CO)cc3o2)ccc1OC. The second-order valence-corrected chi connectivity index (χ2v) is 6.65. The largest absolute Gasteiger partial charge is 0.507 e. The number of aromatic hydroxyl groups is 1. The number of aliphatic hydroxyl groups excluding tert-OH is 2. The van der Waals surface area contributed by atoms with E-state index in [4.69, 9.17) is 23.7 Å². The van der Waals surface area contributed by atoms with E-state index in [0.717, 1.165) is 6.42 Å². The summed E-state index contributed by atoms with van der Waals surface area (Å²) >= 11 is 0. The van der Waals surface area contributed by atoms with Gasteiger partial charge in [0.1, 0.15) is 40.9 Å². The molecule has 0 aliphatic heterocycles. The van der Waals surface area contributed by atoms with Crippen LogP contribution in [0.4, 0.5) is 0 Å². The number of methoxy groups -OCH3 is 1. The number of phenols is 1. The highest BCUT2D eigenvalue weighted by Crippen LogP contribution is 2.35. The number of ether oxygens (including phenoxy) is 3. The summed E-state index contributed by atoms with van der Waals surface area (Å²) in [5.41, 5.74) is 0.304. The van der Waals surface area contributed by atoms with E-state index in [1.165, 1.54) is 18.2 Å². The summed E-state index contributed by atoms with van der Waals surface area (Å²) in [7, 11) is 1.54. The van der Waals surface area contributed by atoms with Gasteiger partial charge in [-0.3, -0.25) is 4.79 Å². The van der Waals surface area contributed by atoms with E-state index in [0.29, 0.717) is 23.7 Å². The number of fused-ring (bicyclic) bond motifs is 1. The molecule has 0 saturated carbocycles. The maximum Gasteiger partial charge on any atom is 0.197 e. The van der Waals surface area contributed by atoms with Crippen molar-refractivity contribution in [1.29, 1.82) is 0 Å². The highest BCUT2D eigenvalue weighted by molar-refractivity contribution is 5.86. The fourth-order valence-electron chi connectivity index (χ4n) is 2.87. The maximum absolute atomic E-state index is 12.6. The van der Waals surface area contributed by atoms with Crippen LogP contribution in [0.5, 0.6) is 23.0 Å². The molecule has 0 spiro atoms. The van der Waals surface area contributed by atoms with Gasteiger partial charge in [0.2, 0.25) is 0 Å². The van der Waals surface area contributed by atoms with Gasteiger partial charge in [-0.25, -0.2) is 0 Å². The topological polar surface area (TPSA) is 119 Å². The molecule has 1 heterocycles. The van der Waals surface area contributed by atoms with Crippen molar-refractivity contribution in [3.05, 3.63) is 46.6 Å². The summed E-state index contributed by atoms with van der Waals surface area (Å²) in [6.07, 6.45) is -0.243. The van der Waals surface area contributed by atoms with Crippen molar-refractivity contribution in [2.45, 2.75) is 19.4 Å². The summed E-state index contributed by atoms with van der Waals surface area (Å²) in [5.74, 6) is 1.25. The zero-order valence-electron chi connectivity index (χ0n) is 16.8. The van der Waals surface area contributed by atoms with E-state index in [1.54, 1.807) is 25.3 Å². The first kappa shape index (κ1) is 21.5. The van der Waals surface area contributed by atoms with Gasteiger partial charge in [0, 0.05) is 23.8 Å². The van der Waals surface area contributed by atoms with Gasteiger partial charge in [-0.15, -0.1) is 0 Å². The summed E-state index contributed by atoms with van der Waals surface area (Å²) in [6.45, 7) is 1.86. The van der Waals surface area contributed by atoms with Crippen LogP contribution in [-0.2, 0) is 0 Å². The zero-order valence-corrected chi connectivity index (χ0v) is 16.8. The van der Waals surface area contributed by atoms with Crippen molar-refractivity contribution in [2.24, 2.45) is 0 Å². The van der Waals surface area contributed by atoms with Crippen LogP contribution >= 0.6 is 0 Å². The number of phenolic OH excluding ortho intramolecular Hbond substituents is 1. The van der Waals surface area contributed by atoms with Crippen LogP contribution in [-0.4, -0.2) is 48.4 Å². The Bertz CT molecular complexity index is 1070. The predicted molar refractivity (Wildman–Crippen MR) is 111 cm³/mol. The lowest BCUT2D eigenvalue weighted by Gasteiger charge is -2.13. The van der Waals surface area contributed by atoms with Gasteiger partial charge in [-0.05, 0) is 24.6 Å². The van der Waals surface area contributed by atoms with Gasteiger partial charge < -0.3 is 33.9 Å². The lowest BCUT2D eigenvalue weighted by molar-refractivity contribution is 0.0535. The first-order chi connectivity index (χ1) is 14.5. The highest BCUT2D eigenvalue weighted by Gasteiger charge is 2.15. The van der Waals surface area contributed by atoms with E-state index >= 15 is 0 Å². The Hall–Kier alpha value is -3.23. The standard InChI is InChI=1S/C22H24O8/c1-3-6-28-20-7-13(4-5-18(20)27-2)19-10-17(26)22-16(25)8-15(9-21(22)30-19)29-12-14(24)11-23/h4-5,7-10,14,23-25H,3,6,11-12H2,1-2H3. The molecule has 3 rings (SSSR count). The molecule has 0 aliphatic carbocycles. The summed E-state index contributed by atoms with van der Waals surface area (Å²) in [5, 5.41) is 28.6. The van der Waals surface area contributed by atoms with E-state index < -0.39 is 18.1 Å². The van der Waals surface area contributed by atoms with E-state index in [1.807, 2.05) is 6.92 Å². The zero-order chi connectivity index (χ0) is 21.7. The number of hydrogen-bond donors (Lipinski definition) is 3. The minimum absolute atomic E-state index is 0.0183. The quantitative estimate of drug-likeness (QED) is 0.487. The Morgan fingerprint density at radius 1 is 1.10 bits per heavy atom. The smallest absolute Gasteiger partial charge is 0.197 e. The molecule has 0 fully saturated rings. The predicted octanol–water partition coefficient (Wildman–Crippen LogP) is 2.70. The van der Waals surface area contributed by atoms with E-state index in [9.17, 15) is 15.0 Å². The molecule has 1 atom stereocenters. The molecule has 0 aliphatic rings. The minimum Gasteiger partial charge on any atom is -0.507 e. The van der Waals surface area contributed by atoms with Crippen molar-refractivity contribution in [3.8, 4) is 34.3 Å². The molecule has 0 amide bonds. The van der Waals surface area contributed by atoms with Crippen molar-refractivity contribution in [2.75, 3.05) is 26.9 Å². The Morgan fingerprint density at radius 3 is 2.60 bits per heavy atom. The van der Waals surface area contributed by atoms with Crippen LogP contribution in [0.25, 0.3) is 22.3 Å². The van der Waals surface area contributed by atoms with Crippen LogP contribution in [0, 0.1) is 0 Å². The van der Waals surface area contributed by atoms with Crippen LogP contribution in [0.1, 0.15) is 13.3 Å². The average Bonchev–Trinajstić information content (AvgIpc) is 2.75. The molecule has 0 radical (unpaired) electrons. The van der Waals surface area contributed by atoms with Crippen molar-refractivity contribution in [3.63, 3.8) is 0 Å². The molecular formula is C22H24O8. The Balaban J connectivity index is 2.03. The Morgan fingerprint density at radius 2 is 1.90 bits per heavy atom. The number of rotatable bonds is 9. The van der Waals surface area contributed by atoms with Crippen LogP contribution in [0.2, 0.25) is 0 Å². The van der Waals surface area contributed by atoms with Gasteiger partial charge in [0.05, 0.1) is 20.3 Å². The third kappa shape index (κ3) is 4.67. The number of aliphatic hydroxyl groups is 2. The molecule has 3 N–H and O–H groups in total. The monoisotopic (exact) mass is 416 g/mol. The van der Waals surface area contributed by atoms with Crippen LogP contribution in [0.15, 0.2) is 45.6 Å². The van der Waals surface area contributed by atoms with Gasteiger partial charge in [0.25, 0.3) is 0 Å². The normalized spacial score (nSPS) is 12.0. The third-order valence-electron chi connectivity index (χ3n) is 4.35. The van der Waals surface area contributed by atoms with Gasteiger partial charge >= 0.3 is 0 Å². The molecule has 0 bridgehead atoms. The molecule has 160 valence electrons. The molecule has 3 aromatic rings. The number of benzene rings is 2. The summed E-state index contributed by atoms with van der Waals surface area (Å²) < 4.78 is 22.2. The van der Waals surface area contributed by atoms with Crippen molar-refractivity contribution in [1.82, 2.24) is 0 Å². The molecule has 2 aromatic carbocycles. The van der Waals surface area contributed by atoms with E-state index in [2.05, 4.69) is 0 Å². The Kier molecular flexibility index (Phi) is 6.81. The molecule has 0 saturated heterocycles. The van der Waals surface area contributed by atoms with Gasteiger partial charge in [-0.1, -0.05) is 6.92 Å². The molecule has 30 heavy (non-hydrogen) atoms. The lowest BCUT2D eigenvalue weighted by atomic mass is 10.1. The average molecular weight is 416 g/mol. The van der Waals surface area contributed by atoms with Crippen molar-refractivity contribution >= 4 is 11.0 Å². The summed E-state index contributed by atoms with van der Waals surface area (Å²) in [6, 6.07) is 9.17. The first-order valence-electron chi connectivity index (χ1n) is 9.50. The lowest BCUT2D eigenvalue weighted by Crippen LogP contribution is -2.21. The van der Waals surface area contributed by atoms with Gasteiger partial charge in [-0.2, -0.15) is 0 Å². The minimum atomic E-state index is -1.07. The second-order valence-electron chi connectivity index (χ2n) is 6.65.